The second-order valence-electron chi connectivity index (χ2n) is 3.44. The number of pyridine rings is 1. The van der Waals surface area contributed by atoms with Crippen LogP contribution in [0.1, 0.15) is 30.3 Å². The Balaban J connectivity index is 2.47. The summed E-state index contributed by atoms with van der Waals surface area (Å²) in [6, 6.07) is 1.88. The first-order chi connectivity index (χ1) is 6.85. The van der Waals surface area contributed by atoms with Crippen molar-refractivity contribution in [1.82, 2.24) is 4.98 Å². The molecule has 1 aromatic rings. The molecule has 1 heterocycles. The molecule has 0 N–H and O–H groups in total. The summed E-state index contributed by atoms with van der Waals surface area (Å²) < 4.78 is 4.96. The van der Waals surface area contributed by atoms with E-state index in [2.05, 4.69) is 11.9 Å². The molecule has 0 fully saturated rings. The van der Waals surface area contributed by atoms with Gasteiger partial charge in [-0.2, -0.15) is 0 Å². The first-order valence-corrected chi connectivity index (χ1v) is 4.92. The van der Waals surface area contributed by atoms with Crippen LogP contribution in [0.4, 0.5) is 0 Å². The van der Waals surface area contributed by atoms with Gasteiger partial charge in [0.1, 0.15) is 5.75 Å². The summed E-state index contributed by atoms with van der Waals surface area (Å²) in [6.07, 6.45) is 5.75. The maximum atomic E-state index is 8.52. The molecule has 1 aliphatic rings. The van der Waals surface area contributed by atoms with Crippen molar-refractivity contribution in [3.63, 3.8) is 0 Å². The van der Waals surface area contributed by atoms with Crippen LogP contribution in [0.25, 0.3) is 0 Å². The normalized spacial score (nSPS) is 13.4. The van der Waals surface area contributed by atoms with Crippen molar-refractivity contribution in [3.05, 3.63) is 23.0 Å². The molecular weight excluding hydrogens is 176 g/mol. The molecule has 0 aliphatic heterocycles. The molecule has 0 amide bonds. The molecule has 3 heteroatoms. The lowest BCUT2D eigenvalue weighted by Crippen LogP contribution is -1.98. The summed E-state index contributed by atoms with van der Waals surface area (Å²) in [5, 5.41) is 8.52. The van der Waals surface area contributed by atoms with Crippen molar-refractivity contribution >= 4 is 0 Å². The van der Waals surface area contributed by atoms with E-state index in [1.165, 1.54) is 0 Å². The lowest BCUT2D eigenvalue weighted by molar-refractivity contribution is 0.499. The van der Waals surface area contributed by atoms with Crippen LogP contribution in [0.3, 0.4) is 0 Å². The molecule has 0 bridgehead atoms. The number of nitriles is 1. The van der Waals surface area contributed by atoms with Crippen LogP contribution in [0.5, 0.6) is 5.75 Å². The predicted molar refractivity (Wildman–Crippen MR) is 51.9 cm³/mol. The molecule has 0 unspecified atom stereocenters. The first kappa shape index (κ1) is 9.01. The molecule has 0 saturated carbocycles. The zero-order valence-electron chi connectivity index (χ0n) is 8.21. The summed E-state index contributed by atoms with van der Waals surface area (Å²) in [6.45, 7) is 2.06. The van der Waals surface area contributed by atoms with E-state index in [-0.39, 0.29) is 0 Å². The van der Waals surface area contributed by atoms with E-state index < -0.39 is 0 Å². The maximum absolute atomic E-state index is 8.52. The average Bonchev–Trinajstić information content (AvgIpc) is 2.66. The monoisotopic (exact) mass is 188 g/mol. The van der Waals surface area contributed by atoms with Crippen LogP contribution in [0.15, 0.2) is 6.07 Å². The molecule has 0 atom stereocenters. The van der Waals surface area contributed by atoms with Gasteiger partial charge in [-0.25, -0.2) is 0 Å². The molecular formula is C11H12N2O. The Morgan fingerprint density at radius 1 is 1.57 bits per heavy atom. The minimum Gasteiger partial charge on any atom is -0.388 e. The number of fused-ring (bicyclic) bond motifs is 1. The van der Waals surface area contributed by atoms with Gasteiger partial charge in [-0.05, 0) is 25.7 Å². The van der Waals surface area contributed by atoms with E-state index in [1.54, 1.807) is 6.26 Å². The fourth-order valence-electron chi connectivity index (χ4n) is 1.88. The molecule has 3 nitrogen and oxygen atoms in total. The zero-order chi connectivity index (χ0) is 9.97. The minimum atomic E-state index is 0.715. The van der Waals surface area contributed by atoms with Gasteiger partial charge in [0.25, 0.3) is 6.26 Å². The van der Waals surface area contributed by atoms with E-state index in [0.717, 1.165) is 42.6 Å². The van der Waals surface area contributed by atoms with Crippen LogP contribution in [0, 0.1) is 11.5 Å². The van der Waals surface area contributed by atoms with Crippen LogP contribution in [-0.2, 0) is 19.3 Å². The van der Waals surface area contributed by atoms with Crippen LogP contribution in [-0.4, -0.2) is 4.98 Å². The van der Waals surface area contributed by atoms with Gasteiger partial charge in [-0.3, -0.25) is 4.98 Å². The number of rotatable bonds is 2. The highest BCUT2D eigenvalue weighted by Gasteiger charge is 2.18. The molecule has 0 spiro atoms. The third kappa shape index (κ3) is 1.44. The van der Waals surface area contributed by atoms with Crippen molar-refractivity contribution in [2.24, 2.45) is 0 Å². The van der Waals surface area contributed by atoms with Crippen molar-refractivity contribution in [2.75, 3.05) is 0 Å². The highest BCUT2D eigenvalue weighted by molar-refractivity contribution is 5.41. The topological polar surface area (TPSA) is 45.9 Å². The van der Waals surface area contributed by atoms with Crippen LogP contribution in [0.2, 0.25) is 0 Å². The van der Waals surface area contributed by atoms with E-state index in [1.807, 2.05) is 6.07 Å². The van der Waals surface area contributed by atoms with Gasteiger partial charge in [0.15, 0.2) is 0 Å². The molecule has 14 heavy (non-hydrogen) atoms. The van der Waals surface area contributed by atoms with Crippen molar-refractivity contribution in [3.8, 4) is 12.0 Å². The Morgan fingerprint density at radius 3 is 3.14 bits per heavy atom. The van der Waals surface area contributed by atoms with E-state index >= 15 is 0 Å². The molecule has 0 aromatic carbocycles. The number of hydrogen-bond donors (Lipinski definition) is 0. The summed E-state index contributed by atoms with van der Waals surface area (Å²) in [7, 11) is 0. The van der Waals surface area contributed by atoms with E-state index in [0.29, 0.717) is 5.75 Å². The molecule has 0 saturated heterocycles. The molecule has 0 radical (unpaired) electrons. The molecule has 1 aromatic heterocycles. The van der Waals surface area contributed by atoms with Gasteiger partial charge in [0.05, 0.1) is 0 Å². The summed E-state index contributed by atoms with van der Waals surface area (Å²) in [5.41, 5.74) is 3.26. The third-order valence-electron chi connectivity index (χ3n) is 2.58. The average molecular weight is 188 g/mol. The number of aryl methyl sites for hydroxylation is 2. The molecule has 72 valence electrons. The fraction of sp³-hybridized carbons (Fsp3) is 0.455. The fourth-order valence-corrected chi connectivity index (χ4v) is 1.88. The van der Waals surface area contributed by atoms with Crippen LogP contribution < -0.4 is 4.74 Å². The summed E-state index contributed by atoms with van der Waals surface area (Å²) in [4.78, 5) is 4.53. The van der Waals surface area contributed by atoms with E-state index in [9.17, 15) is 0 Å². The first-order valence-electron chi connectivity index (χ1n) is 4.92. The number of aromatic nitrogens is 1. The Labute approximate surface area is 83.3 Å². The minimum absolute atomic E-state index is 0.715. The largest absolute Gasteiger partial charge is 0.388 e. The Bertz CT molecular complexity index is 393. The second kappa shape index (κ2) is 3.67. The van der Waals surface area contributed by atoms with Gasteiger partial charge >= 0.3 is 0 Å². The standard InChI is InChI=1S/C11H12N2O/c1-2-8-6-11(14-7-12)9-4-3-5-10(9)13-8/h6H,2-5H2,1H3. The summed E-state index contributed by atoms with van der Waals surface area (Å²) >= 11 is 0. The predicted octanol–water partition coefficient (Wildman–Crippen LogP) is 1.99. The SMILES string of the molecule is CCc1cc(OC#N)c2c(n1)CCC2. The van der Waals surface area contributed by atoms with Gasteiger partial charge < -0.3 is 4.74 Å². The Hall–Kier alpha value is -1.56. The molecule has 1 aliphatic carbocycles. The van der Waals surface area contributed by atoms with E-state index in [4.69, 9.17) is 10.00 Å². The third-order valence-corrected chi connectivity index (χ3v) is 2.58. The van der Waals surface area contributed by atoms with Crippen LogP contribution >= 0.6 is 0 Å². The number of ether oxygens (including phenoxy) is 1. The highest BCUT2D eigenvalue weighted by Crippen LogP contribution is 2.30. The van der Waals surface area contributed by atoms with Gasteiger partial charge in [0.2, 0.25) is 0 Å². The zero-order valence-corrected chi connectivity index (χ0v) is 8.21. The summed E-state index contributed by atoms with van der Waals surface area (Å²) in [5.74, 6) is 0.715. The van der Waals surface area contributed by atoms with Gasteiger partial charge in [0, 0.05) is 23.0 Å². The van der Waals surface area contributed by atoms with Crippen molar-refractivity contribution in [1.29, 1.82) is 5.26 Å². The second-order valence-corrected chi connectivity index (χ2v) is 3.44. The van der Waals surface area contributed by atoms with Crippen molar-refractivity contribution < 1.29 is 4.74 Å². The quantitative estimate of drug-likeness (QED) is 0.667. The van der Waals surface area contributed by atoms with Gasteiger partial charge in [-0.1, -0.05) is 6.92 Å². The number of nitrogens with zero attached hydrogens (tertiary/aromatic N) is 2. The maximum Gasteiger partial charge on any atom is 0.292 e. The smallest absolute Gasteiger partial charge is 0.292 e. The Morgan fingerprint density at radius 2 is 2.43 bits per heavy atom. The lowest BCUT2D eigenvalue weighted by atomic mass is 10.1. The number of hydrogen-bond acceptors (Lipinski definition) is 3. The highest BCUT2D eigenvalue weighted by atomic mass is 16.5. The van der Waals surface area contributed by atoms with Gasteiger partial charge in [-0.15, -0.1) is 5.26 Å². The molecule has 2 rings (SSSR count). The van der Waals surface area contributed by atoms with Crippen molar-refractivity contribution in [2.45, 2.75) is 32.6 Å². The lowest BCUT2D eigenvalue weighted by Gasteiger charge is -2.06. The Kier molecular flexibility index (Phi) is 2.36.